The van der Waals surface area contributed by atoms with Gasteiger partial charge >= 0.3 is 6.09 Å². The second-order valence-electron chi connectivity index (χ2n) is 7.91. The van der Waals surface area contributed by atoms with E-state index in [1.807, 2.05) is 39.8 Å². The number of carbonyl (C=O) groups is 1. The molecule has 2 heterocycles. The van der Waals surface area contributed by atoms with Gasteiger partial charge in [-0.15, -0.1) is 0 Å². The fraction of sp³-hybridized carbons (Fsp3) is 0.700. The van der Waals surface area contributed by atoms with Crippen LogP contribution >= 0.6 is 0 Å². The first-order valence-corrected chi connectivity index (χ1v) is 9.74. The number of hydrogen-bond acceptors (Lipinski definition) is 6. The smallest absolute Gasteiger partial charge is 0.413 e. The van der Waals surface area contributed by atoms with Gasteiger partial charge in [0.15, 0.2) is 0 Å². The average Bonchev–Trinajstić information content (AvgIpc) is 2.96. The standard InChI is InChI=1S/C20H33N3O4/c1-5-26-12-6-7-15-8-9-18(22-19(25)27-20(2,3)4)21-17(15)14-23-11-10-16(24)13-23/h8-9,16,24H,5-7,10-14H2,1-4H3,(H,21,22,25)/t16-/m0/s1. The zero-order chi connectivity index (χ0) is 19.9. The number of aromatic nitrogens is 1. The Balaban J connectivity index is 2.07. The van der Waals surface area contributed by atoms with Crippen LogP contribution in [-0.4, -0.2) is 59.1 Å². The van der Waals surface area contributed by atoms with Gasteiger partial charge in [-0.3, -0.25) is 10.2 Å². The van der Waals surface area contributed by atoms with Crippen LogP contribution in [0.2, 0.25) is 0 Å². The molecule has 7 nitrogen and oxygen atoms in total. The second-order valence-corrected chi connectivity index (χ2v) is 7.91. The van der Waals surface area contributed by atoms with Gasteiger partial charge in [0.2, 0.25) is 0 Å². The van der Waals surface area contributed by atoms with Gasteiger partial charge in [0.25, 0.3) is 0 Å². The number of likely N-dealkylation sites (tertiary alicyclic amines) is 1. The Morgan fingerprint density at radius 2 is 2.19 bits per heavy atom. The van der Waals surface area contributed by atoms with E-state index in [2.05, 4.69) is 15.2 Å². The number of carbonyl (C=O) groups excluding carboxylic acids is 1. The lowest BCUT2D eigenvalue weighted by molar-refractivity contribution is 0.0635. The van der Waals surface area contributed by atoms with E-state index in [0.29, 0.717) is 18.9 Å². The molecule has 1 aromatic rings. The lowest BCUT2D eigenvalue weighted by Gasteiger charge is -2.20. The predicted octanol–water partition coefficient (Wildman–Crippen LogP) is 2.96. The molecule has 1 fully saturated rings. The largest absolute Gasteiger partial charge is 0.444 e. The molecule has 1 atom stereocenters. The number of aryl methyl sites for hydroxylation is 1. The Kier molecular flexibility index (Phi) is 8.01. The van der Waals surface area contributed by atoms with Crippen LogP contribution in [0.4, 0.5) is 10.6 Å². The minimum absolute atomic E-state index is 0.269. The monoisotopic (exact) mass is 379 g/mol. The fourth-order valence-corrected chi connectivity index (χ4v) is 3.05. The van der Waals surface area contributed by atoms with E-state index in [-0.39, 0.29) is 6.10 Å². The minimum Gasteiger partial charge on any atom is -0.444 e. The Morgan fingerprint density at radius 3 is 2.81 bits per heavy atom. The summed E-state index contributed by atoms with van der Waals surface area (Å²) in [5.74, 6) is 0.479. The Bertz CT molecular complexity index is 616. The van der Waals surface area contributed by atoms with Crippen molar-refractivity contribution in [2.75, 3.05) is 31.6 Å². The maximum atomic E-state index is 12.0. The molecule has 1 aliphatic heterocycles. The number of β-amino-alcohol motifs (C(OH)–C–C–N with tert-alkyl or cyclic N) is 1. The second kappa shape index (κ2) is 10.0. The van der Waals surface area contributed by atoms with E-state index in [1.54, 1.807) is 0 Å². The summed E-state index contributed by atoms with van der Waals surface area (Å²) in [5, 5.41) is 12.5. The first-order chi connectivity index (χ1) is 12.8. The van der Waals surface area contributed by atoms with Crippen LogP contribution in [0.15, 0.2) is 12.1 Å². The summed E-state index contributed by atoms with van der Waals surface area (Å²) in [6.45, 7) is 11.1. The molecule has 2 rings (SSSR count). The van der Waals surface area contributed by atoms with Crippen molar-refractivity contribution in [3.05, 3.63) is 23.4 Å². The van der Waals surface area contributed by atoms with Crippen molar-refractivity contribution in [3.8, 4) is 0 Å². The number of rotatable bonds is 8. The maximum Gasteiger partial charge on any atom is 0.413 e. The number of aliphatic hydroxyl groups is 1. The highest BCUT2D eigenvalue weighted by Crippen LogP contribution is 2.19. The number of nitrogens with zero attached hydrogens (tertiary/aromatic N) is 2. The molecular weight excluding hydrogens is 346 g/mol. The van der Waals surface area contributed by atoms with E-state index in [0.717, 1.165) is 50.3 Å². The molecule has 1 saturated heterocycles. The van der Waals surface area contributed by atoms with E-state index in [4.69, 9.17) is 9.47 Å². The fourth-order valence-electron chi connectivity index (χ4n) is 3.05. The summed E-state index contributed by atoms with van der Waals surface area (Å²) < 4.78 is 10.7. The van der Waals surface area contributed by atoms with Crippen LogP contribution in [-0.2, 0) is 22.4 Å². The first kappa shape index (κ1) is 21.6. The lowest BCUT2D eigenvalue weighted by atomic mass is 10.1. The predicted molar refractivity (Wildman–Crippen MR) is 105 cm³/mol. The van der Waals surface area contributed by atoms with Crippen LogP contribution in [0, 0.1) is 0 Å². The van der Waals surface area contributed by atoms with Crippen molar-refractivity contribution >= 4 is 11.9 Å². The molecule has 0 spiro atoms. The molecule has 0 aliphatic carbocycles. The van der Waals surface area contributed by atoms with Crippen molar-refractivity contribution in [1.82, 2.24) is 9.88 Å². The van der Waals surface area contributed by atoms with Crippen molar-refractivity contribution in [2.24, 2.45) is 0 Å². The van der Waals surface area contributed by atoms with E-state index >= 15 is 0 Å². The minimum atomic E-state index is -0.558. The van der Waals surface area contributed by atoms with Crippen LogP contribution in [0.5, 0.6) is 0 Å². The highest BCUT2D eigenvalue weighted by molar-refractivity contribution is 5.83. The Labute approximate surface area is 162 Å². The van der Waals surface area contributed by atoms with Gasteiger partial charge in [0.05, 0.1) is 11.8 Å². The van der Waals surface area contributed by atoms with Gasteiger partial charge < -0.3 is 14.6 Å². The number of hydrogen-bond donors (Lipinski definition) is 2. The normalized spacial score (nSPS) is 17.9. The van der Waals surface area contributed by atoms with Gasteiger partial charge in [-0.2, -0.15) is 0 Å². The van der Waals surface area contributed by atoms with E-state index in [1.165, 1.54) is 0 Å². The maximum absolute atomic E-state index is 12.0. The Hall–Kier alpha value is -1.70. The van der Waals surface area contributed by atoms with E-state index < -0.39 is 11.7 Å². The molecule has 0 unspecified atom stereocenters. The van der Waals surface area contributed by atoms with Crippen LogP contribution in [0.3, 0.4) is 0 Å². The van der Waals surface area contributed by atoms with Gasteiger partial charge in [-0.1, -0.05) is 6.07 Å². The molecule has 0 aromatic carbocycles. The SMILES string of the molecule is CCOCCCc1ccc(NC(=O)OC(C)(C)C)nc1CN1CC[C@H](O)C1. The molecular formula is C20H33N3O4. The highest BCUT2D eigenvalue weighted by atomic mass is 16.6. The molecule has 1 aromatic heterocycles. The third kappa shape index (κ3) is 7.82. The van der Waals surface area contributed by atoms with Crippen LogP contribution < -0.4 is 5.32 Å². The van der Waals surface area contributed by atoms with Crippen molar-refractivity contribution in [3.63, 3.8) is 0 Å². The third-order valence-electron chi connectivity index (χ3n) is 4.26. The summed E-state index contributed by atoms with van der Waals surface area (Å²) in [6, 6.07) is 3.82. The zero-order valence-electron chi connectivity index (χ0n) is 17.0. The summed E-state index contributed by atoms with van der Waals surface area (Å²) in [5.41, 5.74) is 1.51. The molecule has 0 radical (unpaired) electrons. The topological polar surface area (TPSA) is 83.9 Å². The highest BCUT2D eigenvalue weighted by Gasteiger charge is 2.22. The van der Waals surface area contributed by atoms with Gasteiger partial charge in [0.1, 0.15) is 11.4 Å². The number of nitrogens with one attached hydrogen (secondary N) is 1. The summed E-state index contributed by atoms with van der Waals surface area (Å²) in [4.78, 5) is 18.9. The van der Waals surface area contributed by atoms with Crippen molar-refractivity contribution < 1.29 is 19.4 Å². The van der Waals surface area contributed by atoms with Gasteiger partial charge in [0, 0.05) is 32.8 Å². The molecule has 0 saturated carbocycles. The van der Waals surface area contributed by atoms with Crippen LogP contribution in [0.1, 0.15) is 51.8 Å². The number of pyridine rings is 1. The number of amides is 1. The summed E-state index contributed by atoms with van der Waals surface area (Å²) >= 11 is 0. The molecule has 1 aliphatic rings. The molecule has 152 valence electrons. The number of anilines is 1. The average molecular weight is 380 g/mol. The first-order valence-electron chi connectivity index (χ1n) is 9.74. The van der Waals surface area contributed by atoms with Crippen LogP contribution in [0.25, 0.3) is 0 Å². The van der Waals surface area contributed by atoms with Crippen molar-refractivity contribution in [1.29, 1.82) is 0 Å². The van der Waals surface area contributed by atoms with Crippen molar-refractivity contribution in [2.45, 2.75) is 65.2 Å². The van der Waals surface area contributed by atoms with Gasteiger partial charge in [-0.25, -0.2) is 9.78 Å². The Morgan fingerprint density at radius 1 is 1.41 bits per heavy atom. The molecule has 27 heavy (non-hydrogen) atoms. The molecule has 1 amide bonds. The number of ether oxygens (including phenoxy) is 2. The quantitative estimate of drug-likeness (QED) is 0.676. The molecule has 2 N–H and O–H groups in total. The van der Waals surface area contributed by atoms with Gasteiger partial charge in [-0.05, 0) is 58.6 Å². The number of aliphatic hydroxyl groups excluding tert-OH is 1. The molecule has 0 bridgehead atoms. The molecule has 7 heteroatoms. The lowest BCUT2D eigenvalue weighted by Crippen LogP contribution is -2.28. The summed E-state index contributed by atoms with van der Waals surface area (Å²) in [7, 11) is 0. The summed E-state index contributed by atoms with van der Waals surface area (Å²) in [6.07, 6.45) is 1.79. The zero-order valence-corrected chi connectivity index (χ0v) is 17.0. The third-order valence-corrected chi connectivity index (χ3v) is 4.26. The van der Waals surface area contributed by atoms with E-state index in [9.17, 15) is 9.90 Å².